The van der Waals surface area contributed by atoms with Gasteiger partial charge in [0, 0.05) is 12.7 Å². The number of rotatable bonds is 5. The van der Waals surface area contributed by atoms with Gasteiger partial charge in [-0.1, -0.05) is 0 Å². The van der Waals surface area contributed by atoms with E-state index >= 15 is 0 Å². The van der Waals surface area contributed by atoms with E-state index in [1.807, 2.05) is 6.92 Å². The Labute approximate surface area is 123 Å². The lowest BCUT2D eigenvalue weighted by atomic mass is 10.3. The number of hydrogen-bond donors (Lipinski definition) is 2. The Kier molecular flexibility index (Phi) is 4.67. The Morgan fingerprint density at radius 3 is 2.65 bits per heavy atom. The number of nitrogens with zero attached hydrogens (tertiary/aromatic N) is 3. The molecule has 0 fully saturated rings. The van der Waals surface area contributed by atoms with Crippen LogP contribution >= 0.6 is 15.9 Å². The fourth-order valence-electron chi connectivity index (χ4n) is 1.42. The molecule has 0 amide bonds. The molecule has 1 aromatic heterocycles. The Morgan fingerprint density at radius 2 is 2.00 bits per heavy atom. The van der Waals surface area contributed by atoms with Gasteiger partial charge in [-0.3, -0.25) is 0 Å². The van der Waals surface area contributed by atoms with Gasteiger partial charge in [-0.2, -0.15) is 15.0 Å². The van der Waals surface area contributed by atoms with Crippen molar-refractivity contribution in [3.8, 4) is 6.01 Å². The molecule has 0 bridgehead atoms. The van der Waals surface area contributed by atoms with Crippen LogP contribution in [-0.4, -0.2) is 28.6 Å². The van der Waals surface area contributed by atoms with Gasteiger partial charge in [0.15, 0.2) is 0 Å². The highest BCUT2D eigenvalue weighted by Gasteiger charge is 2.07. The van der Waals surface area contributed by atoms with Crippen molar-refractivity contribution in [2.24, 2.45) is 0 Å². The molecular weight excluding hydrogens is 329 g/mol. The molecule has 2 rings (SSSR count). The summed E-state index contributed by atoms with van der Waals surface area (Å²) in [6.07, 6.45) is 0. The van der Waals surface area contributed by atoms with Crippen molar-refractivity contribution in [1.82, 2.24) is 15.0 Å². The molecule has 6 nitrogen and oxygen atoms in total. The van der Waals surface area contributed by atoms with E-state index in [2.05, 4.69) is 41.5 Å². The molecule has 0 aliphatic rings. The van der Waals surface area contributed by atoms with Gasteiger partial charge in [0.1, 0.15) is 5.82 Å². The SMILES string of the molecule is CCOc1nc(NC)nc(Nc2ccc(F)c(Br)c2)n1. The zero-order valence-electron chi connectivity index (χ0n) is 10.9. The molecule has 0 atom stereocenters. The summed E-state index contributed by atoms with van der Waals surface area (Å²) in [6.45, 7) is 2.29. The fraction of sp³-hybridized carbons (Fsp3) is 0.250. The molecule has 20 heavy (non-hydrogen) atoms. The Balaban J connectivity index is 2.27. The highest BCUT2D eigenvalue weighted by molar-refractivity contribution is 9.10. The zero-order chi connectivity index (χ0) is 14.5. The lowest BCUT2D eigenvalue weighted by Gasteiger charge is -2.09. The van der Waals surface area contributed by atoms with Gasteiger partial charge < -0.3 is 15.4 Å². The first-order valence-corrected chi connectivity index (χ1v) is 6.70. The third kappa shape index (κ3) is 3.53. The number of nitrogens with one attached hydrogen (secondary N) is 2. The first-order chi connectivity index (χ1) is 9.62. The average Bonchev–Trinajstić information content (AvgIpc) is 2.43. The molecular formula is C12H13BrFN5O. The molecule has 2 aromatic rings. The fourth-order valence-corrected chi connectivity index (χ4v) is 1.80. The summed E-state index contributed by atoms with van der Waals surface area (Å²) in [4.78, 5) is 12.3. The molecule has 0 saturated carbocycles. The summed E-state index contributed by atoms with van der Waals surface area (Å²) in [5.74, 6) is 0.357. The van der Waals surface area contributed by atoms with E-state index in [9.17, 15) is 4.39 Å². The number of ether oxygens (including phenoxy) is 1. The van der Waals surface area contributed by atoms with Crippen molar-refractivity contribution < 1.29 is 9.13 Å². The lowest BCUT2D eigenvalue weighted by molar-refractivity contribution is 0.312. The van der Waals surface area contributed by atoms with Crippen LogP contribution in [0.15, 0.2) is 22.7 Å². The predicted octanol–water partition coefficient (Wildman–Crippen LogP) is 2.96. The minimum Gasteiger partial charge on any atom is -0.464 e. The van der Waals surface area contributed by atoms with Crippen molar-refractivity contribution in [1.29, 1.82) is 0 Å². The highest BCUT2D eigenvalue weighted by Crippen LogP contribution is 2.22. The van der Waals surface area contributed by atoms with Gasteiger partial charge in [-0.25, -0.2) is 4.39 Å². The van der Waals surface area contributed by atoms with Gasteiger partial charge in [-0.05, 0) is 41.1 Å². The molecule has 0 radical (unpaired) electrons. The van der Waals surface area contributed by atoms with Crippen LogP contribution in [0, 0.1) is 5.82 Å². The quantitative estimate of drug-likeness (QED) is 0.871. The first kappa shape index (κ1) is 14.4. The van der Waals surface area contributed by atoms with E-state index in [1.165, 1.54) is 6.07 Å². The Hall–Kier alpha value is -1.96. The topological polar surface area (TPSA) is 72.0 Å². The van der Waals surface area contributed by atoms with E-state index in [0.29, 0.717) is 28.7 Å². The van der Waals surface area contributed by atoms with Crippen LogP contribution in [0.25, 0.3) is 0 Å². The normalized spacial score (nSPS) is 10.2. The van der Waals surface area contributed by atoms with E-state index in [-0.39, 0.29) is 11.8 Å². The van der Waals surface area contributed by atoms with Crippen molar-refractivity contribution >= 4 is 33.5 Å². The second kappa shape index (κ2) is 6.47. The van der Waals surface area contributed by atoms with Crippen molar-refractivity contribution in [3.63, 3.8) is 0 Å². The molecule has 0 unspecified atom stereocenters. The predicted molar refractivity (Wildman–Crippen MR) is 77.9 cm³/mol. The summed E-state index contributed by atoms with van der Waals surface area (Å²) in [5, 5.41) is 5.79. The Bertz CT molecular complexity index is 610. The third-order valence-corrected chi connectivity index (χ3v) is 2.90. The van der Waals surface area contributed by atoms with Crippen molar-refractivity contribution in [2.45, 2.75) is 6.92 Å². The highest BCUT2D eigenvalue weighted by atomic mass is 79.9. The summed E-state index contributed by atoms with van der Waals surface area (Å²) in [6, 6.07) is 4.74. The number of hydrogen-bond acceptors (Lipinski definition) is 6. The van der Waals surface area contributed by atoms with Gasteiger partial charge in [0.05, 0.1) is 11.1 Å². The first-order valence-electron chi connectivity index (χ1n) is 5.91. The molecule has 1 aromatic carbocycles. The smallest absolute Gasteiger partial charge is 0.323 e. The van der Waals surface area contributed by atoms with Crippen LogP contribution < -0.4 is 15.4 Å². The van der Waals surface area contributed by atoms with Crippen LogP contribution in [0.2, 0.25) is 0 Å². The minimum absolute atomic E-state index is 0.218. The number of halogens is 2. The number of anilines is 3. The second-order valence-corrected chi connectivity index (χ2v) is 4.56. The van der Waals surface area contributed by atoms with Crippen molar-refractivity contribution in [3.05, 3.63) is 28.5 Å². The molecule has 8 heteroatoms. The minimum atomic E-state index is -0.336. The molecule has 0 aliphatic carbocycles. The van der Waals surface area contributed by atoms with Crippen LogP contribution in [0.5, 0.6) is 6.01 Å². The number of aromatic nitrogens is 3. The third-order valence-electron chi connectivity index (χ3n) is 2.29. The number of benzene rings is 1. The molecule has 0 saturated heterocycles. The van der Waals surface area contributed by atoms with Gasteiger partial charge in [0.2, 0.25) is 11.9 Å². The standard InChI is InChI=1S/C12H13BrFN5O/c1-3-20-12-18-10(15-2)17-11(19-12)16-7-4-5-9(14)8(13)6-7/h4-6H,3H2,1-2H3,(H2,15,16,17,18,19). The zero-order valence-corrected chi connectivity index (χ0v) is 12.5. The van der Waals surface area contributed by atoms with E-state index in [1.54, 1.807) is 19.2 Å². The summed E-state index contributed by atoms with van der Waals surface area (Å²) >= 11 is 3.12. The van der Waals surface area contributed by atoms with Crippen LogP contribution in [0.4, 0.5) is 22.0 Å². The maximum atomic E-state index is 13.2. The lowest BCUT2D eigenvalue weighted by Crippen LogP contribution is -2.07. The maximum absolute atomic E-state index is 13.2. The monoisotopic (exact) mass is 341 g/mol. The van der Waals surface area contributed by atoms with E-state index in [4.69, 9.17) is 4.74 Å². The second-order valence-electron chi connectivity index (χ2n) is 3.70. The molecule has 0 spiro atoms. The van der Waals surface area contributed by atoms with Crippen molar-refractivity contribution in [2.75, 3.05) is 24.3 Å². The van der Waals surface area contributed by atoms with Crippen LogP contribution in [0.3, 0.4) is 0 Å². The van der Waals surface area contributed by atoms with Crippen LogP contribution in [0.1, 0.15) is 6.92 Å². The van der Waals surface area contributed by atoms with Gasteiger partial charge in [0.25, 0.3) is 0 Å². The molecule has 2 N–H and O–H groups in total. The van der Waals surface area contributed by atoms with E-state index in [0.717, 1.165) is 0 Å². The van der Waals surface area contributed by atoms with Gasteiger partial charge in [-0.15, -0.1) is 0 Å². The largest absolute Gasteiger partial charge is 0.464 e. The molecule has 106 valence electrons. The molecule has 0 aliphatic heterocycles. The van der Waals surface area contributed by atoms with Gasteiger partial charge >= 0.3 is 6.01 Å². The average molecular weight is 342 g/mol. The summed E-state index contributed by atoms with van der Waals surface area (Å²) < 4.78 is 18.8. The maximum Gasteiger partial charge on any atom is 0.323 e. The summed E-state index contributed by atoms with van der Waals surface area (Å²) in [5.41, 5.74) is 0.647. The molecule has 1 heterocycles. The van der Waals surface area contributed by atoms with Crippen LogP contribution in [-0.2, 0) is 0 Å². The van der Waals surface area contributed by atoms with E-state index < -0.39 is 0 Å². The Morgan fingerprint density at radius 1 is 1.25 bits per heavy atom. The summed E-state index contributed by atoms with van der Waals surface area (Å²) in [7, 11) is 1.70.